The molecular weight excluding hydrogens is 324 g/mol. The molecule has 6 N–H and O–H groups in total. The van der Waals surface area contributed by atoms with Crippen LogP contribution in [0.3, 0.4) is 0 Å². The lowest BCUT2D eigenvalue weighted by atomic mass is 10.0. The van der Waals surface area contributed by atoms with Gasteiger partial charge in [0.1, 0.15) is 5.75 Å². The van der Waals surface area contributed by atoms with E-state index in [1.54, 1.807) is 23.5 Å². The normalized spacial score (nSPS) is 9.59. The molecular formula is C14H15BClNO4S. The van der Waals surface area contributed by atoms with Gasteiger partial charge in [-0.1, -0.05) is 24.3 Å². The molecule has 0 spiro atoms. The quantitative estimate of drug-likeness (QED) is 0.345. The maximum absolute atomic E-state index is 9.95. The van der Waals surface area contributed by atoms with Crippen molar-refractivity contribution in [1.29, 1.82) is 0 Å². The standard InChI is InChI=1S/C14H11NOS.BH3O3.ClH/c15-11-5-3-6-12(16)14(11)10-8-17-13-7-2-1-4-9(10)13;2-1(3)4;/h1-8,16H,15H2;2-4H;1H. The topological polar surface area (TPSA) is 107 Å². The number of benzene rings is 2. The summed E-state index contributed by atoms with van der Waals surface area (Å²) in [6.45, 7) is 0. The van der Waals surface area contributed by atoms with E-state index in [1.165, 1.54) is 4.70 Å². The number of nitrogens with two attached hydrogens (primary N) is 1. The smallest absolute Gasteiger partial charge is 0.507 e. The second-order valence-electron chi connectivity index (χ2n) is 4.23. The van der Waals surface area contributed by atoms with Crippen LogP contribution in [-0.2, 0) is 0 Å². The lowest BCUT2D eigenvalue weighted by Crippen LogP contribution is -2.07. The van der Waals surface area contributed by atoms with Crippen molar-refractivity contribution in [2.24, 2.45) is 0 Å². The van der Waals surface area contributed by atoms with Crippen LogP contribution in [0.2, 0.25) is 0 Å². The maximum atomic E-state index is 9.95. The van der Waals surface area contributed by atoms with Gasteiger partial charge in [-0.2, -0.15) is 0 Å². The van der Waals surface area contributed by atoms with E-state index < -0.39 is 7.32 Å². The van der Waals surface area contributed by atoms with Gasteiger partial charge in [-0.15, -0.1) is 23.7 Å². The monoisotopic (exact) mass is 339 g/mol. The Balaban J connectivity index is 0.000000436. The molecule has 1 heterocycles. The molecule has 3 rings (SSSR count). The van der Waals surface area contributed by atoms with Gasteiger partial charge in [0.15, 0.2) is 0 Å². The average molecular weight is 340 g/mol. The van der Waals surface area contributed by atoms with Crippen molar-refractivity contribution in [2.45, 2.75) is 0 Å². The molecule has 1 aromatic heterocycles. The number of halogens is 1. The van der Waals surface area contributed by atoms with Crippen LogP contribution >= 0.6 is 23.7 Å². The SMILES string of the molecule is Cl.Nc1cccc(O)c1-c1csc2ccccc12.OB(O)O. The van der Waals surface area contributed by atoms with Gasteiger partial charge in [-0.3, -0.25) is 0 Å². The van der Waals surface area contributed by atoms with E-state index >= 15 is 0 Å². The first-order valence-corrected chi connectivity index (χ1v) is 6.97. The number of phenols is 1. The molecule has 3 aromatic rings. The summed E-state index contributed by atoms with van der Waals surface area (Å²) in [5, 5.41) is 34.6. The predicted molar refractivity (Wildman–Crippen MR) is 93.0 cm³/mol. The summed E-state index contributed by atoms with van der Waals surface area (Å²) in [5.41, 5.74) is 8.28. The zero-order chi connectivity index (χ0) is 15.4. The number of anilines is 1. The van der Waals surface area contributed by atoms with Crippen molar-refractivity contribution >= 4 is 46.8 Å². The molecule has 0 aliphatic carbocycles. The Hall–Kier alpha value is -1.77. The molecule has 0 unspecified atom stereocenters. The van der Waals surface area contributed by atoms with Gasteiger partial charge >= 0.3 is 7.32 Å². The van der Waals surface area contributed by atoms with Crippen LogP contribution in [0, 0.1) is 0 Å². The van der Waals surface area contributed by atoms with Crippen LogP contribution in [0.25, 0.3) is 21.2 Å². The summed E-state index contributed by atoms with van der Waals surface area (Å²) in [6.07, 6.45) is 0. The largest absolute Gasteiger partial charge is 0.631 e. The van der Waals surface area contributed by atoms with Crippen molar-refractivity contribution < 1.29 is 20.2 Å². The minimum Gasteiger partial charge on any atom is -0.507 e. The predicted octanol–water partition coefficient (Wildman–Crippen LogP) is 2.23. The molecule has 5 nitrogen and oxygen atoms in total. The average Bonchev–Trinajstić information content (AvgIpc) is 2.82. The lowest BCUT2D eigenvalue weighted by molar-refractivity contribution is 0.278. The molecule has 8 heteroatoms. The Bertz CT molecular complexity index is 728. The Kier molecular flexibility index (Phi) is 6.67. The van der Waals surface area contributed by atoms with Crippen molar-refractivity contribution in [3.8, 4) is 16.9 Å². The first kappa shape index (κ1) is 18.3. The Labute approximate surface area is 137 Å². The summed E-state index contributed by atoms with van der Waals surface area (Å²) in [7, 11) is -2.17. The van der Waals surface area contributed by atoms with Gasteiger partial charge in [0.2, 0.25) is 0 Å². The number of fused-ring (bicyclic) bond motifs is 1. The van der Waals surface area contributed by atoms with E-state index in [-0.39, 0.29) is 18.2 Å². The molecule has 0 fully saturated rings. The summed E-state index contributed by atoms with van der Waals surface area (Å²) in [5.74, 6) is 0.230. The van der Waals surface area contributed by atoms with Crippen LogP contribution < -0.4 is 5.73 Å². The van der Waals surface area contributed by atoms with E-state index in [1.807, 2.05) is 29.6 Å². The van der Waals surface area contributed by atoms with Crippen molar-refractivity contribution in [2.75, 3.05) is 5.73 Å². The fraction of sp³-hybridized carbons (Fsp3) is 0. The van der Waals surface area contributed by atoms with Crippen LogP contribution in [-0.4, -0.2) is 27.5 Å². The molecule has 2 aromatic carbocycles. The second-order valence-corrected chi connectivity index (χ2v) is 5.14. The summed E-state index contributed by atoms with van der Waals surface area (Å²) in [4.78, 5) is 0. The first-order valence-electron chi connectivity index (χ1n) is 6.09. The number of rotatable bonds is 1. The van der Waals surface area contributed by atoms with Crippen LogP contribution in [0.4, 0.5) is 5.69 Å². The minimum atomic E-state index is -2.17. The third kappa shape index (κ3) is 4.13. The summed E-state index contributed by atoms with van der Waals surface area (Å²) in [6, 6.07) is 13.3. The molecule has 0 radical (unpaired) electrons. The molecule has 0 aliphatic heterocycles. The molecule has 0 amide bonds. The van der Waals surface area contributed by atoms with Gasteiger partial charge in [-0.25, -0.2) is 0 Å². The lowest BCUT2D eigenvalue weighted by Gasteiger charge is -2.06. The molecule has 0 bridgehead atoms. The zero-order valence-corrected chi connectivity index (χ0v) is 13.0. The third-order valence-electron chi connectivity index (χ3n) is 2.83. The van der Waals surface area contributed by atoms with E-state index in [0.717, 1.165) is 16.5 Å². The molecule has 0 saturated carbocycles. The number of nitrogen functional groups attached to an aromatic ring is 1. The number of aromatic hydroxyl groups is 1. The van der Waals surface area contributed by atoms with Gasteiger partial charge in [-0.05, 0) is 18.2 Å². The highest BCUT2D eigenvalue weighted by Crippen LogP contribution is 2.41. The highest BCUT2D eigenvalue weighted by Gasteiger charge is 2.12. The number of phenolic OH excluding ortho intramolecular Hbond substituents is 1. The van der Waals surface area contributed by atoms with E-state index in [2.05, 4.69) is 6.07 Å². The minimum absolute atomic E-state index is 0. The van der Waals surface area contributed by atoms with Gasteiger partial charge in [0.05, 0.1) is 0 Å². The highest BCUT2D eigenvalue weighted by atomic mass is 35.5. The molecule has 116 valence electrons. The number of hydrogen-bond acceptors (Lipinski definition) is 6. The van der Waals surface area contributed by atoms with E-state index in [9.17, 15) is 5.11 Å². The molecule has 22 heavy (non-hydrogen) atoms. The highest BCUT2D eigenvalue weighted by molar-refractivity contribution is 7.17. The Morgan fingerprint density at radius 3 is 2.23 bits per heavy atom. The Morgan fingerprint density at radius 2 is 1.59 bits per heavy atom. The van der Waals surface area contributed by atoms with Crippen molar-refractivity contribution in [1.82, 2.24) is 0 Å². The van der Waals surface area contributed by atoms with E-state index in [0.29, 0.717) is 5.69 Å². The number of hydrogen-bond donors (Lipinski definition) is 5. The van der Waals surface area contributed by atoms with Crippen molar-refractivity contribution in [3.05, 3.63) is 47.8 Å². The summed E-state index contributed by atoms with van der Waals surface area (Å²) < 4.78 is 1.20. The van der Waals surface area contributed by atoms with Gasteiger partial charge in [0, 0.05) is 32.3 Å². The second kappa shape index (κ2) is 8.02. The number of thiophene rings is 1. The first-order chi connectivity index (χ1) is 10.0. The zero-order valence-electron chi connectivity index (χ0n) is 11.4. The van der Waals surface area contributed by atoms with E-state index in [4.69, 9.17) is 20.8 Å². The van der Waals surface area contributed by atoms with Crippen molar-refractivity contribution in [3.63, 3.8) is 0 Å². The third-order valence-corrected chi connectivity index (χ3v) is 3.79. The van der Waals surface area contributed by atoms with Gasteiger partial charge < -0.3 is 25.9 Å². The van der Waals surface area contributed by atoms with Crippen LogP contribution in [0.5, 0.6) is 5.75 Å². The molecule has 0 atom stereocenters. The fourth-order valence-corrected chi connectivity index (χ4v) is 2.97. The molecule has 0 aliphatic rings. The fourth-order valence-electron chi connectivity index (χ4n) is 2.02. The Morgan fingerprint density at radius 1 is 0.955 bits per heavy atom. The van der Waals surface area contributed by atoms with Gasteiger partial charge in [0.25, 0.3) is 0 Å². The summed E-state index contributed by atoms with van der Waals surface area (Å²) >= 11 is 1.66. The van der Waals surface area contributed by atoms with Crippen LogP contribution in [0.15, 0.2) is 47.8 Å². The van der Waals surface area contributed by atoms with Crippen LogP contribution in [0.1, 0.15) is 0 Å². The maximum Gasteiger partial charge on any atom is 0.631 e. The molecule has 0 saturated heterocycles.